The molecule has 0 saturated carbocycles. The average molecular weight is 273 g/mol. The Hall–Kier alpha value is -0.903. The summed E-state index contributed by atoms with van der Waals surface area (Å²) < 4.78 is 2.42. The monoisotopic (exact) mass is 273 g/mol. The Morgan fingerprint density at radius 2 is 1.79 bits per heavy atom. The summed E-state index contributed by atoms with van der Waals surface area (Å²) in [5, 5.41) is 12.1. The van der Waals surface area contributed by atoms with Crippen LogP contribution >= 0.6 is 0 Å². The molecule has 3 atom stereocenters. The number of hydrogen-bond acceptors (Lipinski definition) is 2. The second-order valence-corrected chi connectivity index (χ2v) is 10.6. The fourth-order valence-corrected chi connectivity index (χ4v) is 6.51. The number of fused-ring (bicyclic) bond motifs is 1. The Bertz CT molecular complexity index is 471. The lowest BCUT2D eigenvalue weighted by atomic mass is 9.85. The minimum Gasteiger partial charge on any atom is -0.379 e. The largest absolute Gasteiger partial charge is 0.379 e. The predicted molar refractivity (Wildman–Crippen MR) is 81.6 cm³/mol. The number of hydrogen-bond donors (Lipinski definition) is 1. The summed E-state index contributed by atoms with van der Waals surface area (Å²) in [5.41, 5.74) is 0. The molecule has 0 amide bonds. The summed E-state index contributed by atoms with van der Waals surface area (Å²) in [6, 6.07) is 10.7. The molecule has 3 unspecified atom stereocenters. The summed E-state index contributed by atoms with van der Waals surface area (Å²) in [4.78, 5) is 0. The standard InChI is InChI=1S/C16H23NOSi/c1-19(2,14-9-4-3-5-10-14)17-12-13-8-6-7-11-15(13)16(17)18/h3-7,9-10,13,15-16,18H,8,11-12H2,1-2H3. The fourth-order valence-electron chi connectivity index (χ4n) is 3.63. The van der Waals surface area contributed by atoms with Gasteiger partial charge in [0.25, 0.3) is 0 Å². The van der Waals surface area contributed by atoms with Crippen LogP contribution in [-0.4, -0.2) is 30.7 Å². The van der Waals surface area contributed by atoms with Crippen LogP contribution in [0.3, 0.4) is 0 Å². The third-order valence-electron chi connectivity index (χ3n) is 4.95. The van der Waals surface area contributed by atoms with Gasteiger partial charge in [-0.15, -0.1) is 0 Å². The van der Waals surface area contributed by atoms with Crippen LogP contribution in [0.1, 0.15) is 12.8 Å². The molecule has 3 rings (SSSR count). The van der Waals surface area contributed by atoms with E-state index < -0.39 is 8.24 Å². The summed E-state index contributed by atoms with van der Waals surface area (Å²) in [5.74, 6) is 1.09. The number of rotatable bonds is 2. The van der Waals surface area contributed by atoms with E-state index in [0.717, 1.165) is 19.4 Å². The van der Waals surface area contributed by atoms with E-state index >= 15 is 0 Å². The Balaban J connectivity index is 1.87. The fraction of sp³-hybridized carbons (Fsp3) is 0.500. The van der Waals surface area contributed by atoms with Gasteiger partial charge in [-0.05, 0) is 30.5 Å². The van der Waals surface area contributed by atoms with Crippen LogP contribution in [0.4, 0.5) is 0 Å². The molecule has 0 bridgehead atoms. The van der Waals surface area contributed by atoms with Crippen molar-refractivity contribution in [2.45, 2.75) is 32.2 Å². The zero-order valence-corrected chi connectivity index (χ0v) is 12.8. The van der Waals surface area contributed by atoms with Crippen molar-refractivity contribution in [3.8, 4) is 0 Å². The quantitative estimate of drug-likeness (QED) is 0.660. The first-order valence-corrected chi connectivity index (χ1v) is 10.2. The summed E-state index contributed by atoms with van der Waals surface area (Å²) in [6.45, 7) is 5.77. The van der Waals surface area contributed by atoms with E-state index in [1.807, 2.05) is 0 Å². The minimum absolute atomic E-state index is 0.253. The third kappa shape index (κ3) is 2.20. The van der Waals surface area contributed by atoms with Crippen LogP contribution in [0.5, 0.6) is 0 Å². The molecule has 1 fully saturated rings. The number of aliphatic hydroxyl groups excluding tert-OH is 1. The molecule has 1 aromatic carbocycles. The van der Waals surface area contributed by atoms with Gasteiger partial charge in [-0.25, -0.2) is 0 Å². The van der Waals surface area contributed by atoms with E-state index in [-0.39, 0.29) is 6.23 Å². The van der Waals surface area contributed by atoms with Crippen LogP contribution in [0.25, 0.3) is 0 Å². The normalized spacial score (nSPS) is 31.4. The first-order chi connectivity index (χ1) is 9.10. The third-order valence-corrected chi connectivity index (χ3v) is 8.58. The Labute approximate surface area is 116 Å². The molecule has 0 aromatic heterocycles. The van der Waals surface area contributed by atoms with E-state index in [9.17, 15) is 5.11 Å². The molecular formula is C16H23NOSi. The topological polar surface area (TPSA) is 23.5 Å². The van der Waals surface area contributed by atoms with Crippen LogP contribution in [0.2, 0.25) is 13.1 Å². The van der Waals surface area contributed by atoms with Crippen molar-refractivity contribution < 1.29 is 5.11 Å². The van der Waals surface area contributed by atoms with Crippen LogP contribution in [0.15, 0.2) is 42.5 Å². The van der Waals surface area contributed by atoms with Crippen LogP contribution < -0.4 is 5.19 Å². The summed E-state index contributed by atoms with van der Waals surface area (Å²) in [7, 11) is -1.74. The second-order valence-electron chi connectivity index (χ2n) is 6.36. The predicted octanol–water partition coefficient (Wildman–Crippen LogP) is 2.32. The Kier molecular flexibility index (Phi) is 3.37. The van der Waals surface area contributed by atoms with Crippen LogP contribution in [0, 0.1) is 11.8 Å². The summed E-state index contributed by atoms with van der Waals surface area (Å²) in [6.07, 6.45) is 6.45. The highest BCUT2D eigenvalue weighted by molar-refractivity contribution is 6.87. The second kappa shape index (κ2) is 4.89. The molecule has 0 radical (unpaired) electrons. The lowest BCUT2D eigenvalue weighted by molar-refractivity contribution is 0.0466. The molecular weight excluding hydrogens is 250 g/mol. The highest BCUT2D eigenvalue weighted by Gasteiger charge is 2.47. The molecule has 1 aliphatic carbocycles. The Morgan fingerprint density at radius 1 is 1.11 bits per heavy atom. The van der Waals surface area contributed by atoms with Gasteiger partial charge in [0.15, 0.2) is 8.24 Å². The summed E-state index contributed by atoms with van der Waals surface area (Å²) >= 11 is 0. The minimum atomic E-state index is -1.74. The molecule has 1 N–H and O–H groups in total. The van der Waals surface area contributed by atoms with Gasteiger partial charge in [-0.2, -0.15) is 0 Å². The number of allylic oxidation sites excluding steroid dienone is 2. The molecule has 2 nitrogen and oxygen atoms in total. The molecule has 102 valence electrons. The van der Waals surface area contributed by atoms with Gasteiger partial charge in [-0.1, -0.05) is 55.6 Å². The molecule has 19 heavy (non-hydrogen) atoms. The average Bonchev–Trinajstić information content (AvgIpc) is 2.78. The first-order valence-electron chi connectivity index (χ1n) is 7.26. The van der Waals surface area contributed by atoms with Gasteiger partial charge in [-0.3, -0.25) is 4.57 Å². The highest BCUT2D eigenvalue weighted by atomic mass is 28.3. The van der Waals surface area contributed by atoms with Gasteiger partial charge in [0.2, 0.25) is 0 Å². The molecule has 1 aromatic rings. The zero-order valence-electron chi connectivity index (χ0n) is 11.8. The highest BCUT2D eigenvalue weighted by Crippen LogP contribution is 2.38. The zero-order chi connectivity index (χ0) is 13.5. The van der Waals surface area contributed by atoms with Gasteiger partial charge < -0.3 is 5.11 Å². The van der Waals surface area contributed by atoms with E-state index in [2.05, 4.69) is 60.1 Å². The molecule has 1 aliphatic heterocycles. The number of aliphatic hydroxyl groups is 1. The van der Waals surface area contributed by atoms with E-state index in [4.69, 9.17) is 0 Å². The lowest BCUT2D eigenvalue weighted by Gasteiger charge is -2.37. The Morgan fingerprint density at radius 3 is 2.47 bits per heavy atom. The van der Waals surface area contributed by atoms with Crippen molar-refractivity contribution >= 4 is 13.4 Å². The van der Waals surface area contributed by atoms with Crippen molar-refractivity contribution in [2.75, 3.05) is 6.54 Å². The first kappa shape index (κ1) is 13.1. The van der Waals surface area contributed by atoms with Crippen molar-refractivity contribution in [3.05, 3.63) is 42.5 Å². The van der Waals surface area contributed by atoms with Crippen molar-refractivity contribution in [1.29, 1.82) is 0 Å². The van der Waals surface area contributed by atoms with Gasteiger partial charge >= 0.3 is 0 Å². The molecule has 0 spiro atoms. The molecule has 2 aliphatic rings. The SMILES string of the molecule is C[Si](C)(c1ccccc1)N1CC2CC=CCC2C1O. The molecule has 1 saturated heterocycles. The maximum Gasteiger partial charge on any atom is 0.156 e. The van der Waals surface area contributed by atoms with Crippen LogP contribution in [-0.2, 0) is 0 Å². The smallest absolute Gasteiger partial charge is 0.156 e. The van der Waals surface area contributed by atoms with Crippen molar-refractivity contribution in [1.82, 2.24) is 4.57 Å². The maximum atomic E-state index is 10.7. The van der Waals surface area contributed by atoms with Gasteiger partial charge in [0, 0.05) is 5.92 Å². The maximum absolute atomic E-state index is 10.7. The van der Waals surface area contributed by atoms with Gasteiger partial charge in [0.05, 0.1) is 0 Å². The van der Waals surface area contributed by atoms with Gasteiger partial charge in [0.1, 0.15) is 6.23 Å². The molecule has 1 heterocycles. The van der Waals surface area contributed by atoms with Crippen molar-refractivity contribution in [3.63, 3.8) is 0 Å². The number of nitrogens with zero attached hydrogens (tertiary/aromatic N) is 1. The molecule has 3 heteroatoms. The van der Waals surface area contributed by atoms with E-state index in [1.165, 1.54) is 5.19 Å². The number of benzene rings is 1. The van der Waals surface area contributed by atoms with Crippen molar-refractivity contribution in [2.24, 2.45) is 11.8 Å². The van der Waals surface area contributed by atoms with E-state index in [0.29, 0.717) is 11.8 Å². The van der Waals surface area contributed by atoms with E-state index in [1.54, 1.807) is 0 Å². The lowest BCUT2D eigenvalue weighted by Crippen LogP contribution is -2.60.